The minimum Gasteiger partial charge on any atom is -0.455 e. The molecule has 1 N–H and O–H groups in total. The van der Waals surface area contributed by atoms with Gasteiger partial charge in [-0.15, -0.1) is 0 Å². The van der Waals surface area contributed by atoms with Gasteiger partial charge in [0, 0.05) is 48.4 Å². The summed E-state index contributed by atoms with van der Waals surface area (Å²) in [5.74, 6) is 1.44. The van der Waals surface area contributed by atoms with Gasteiger partial charge >= 0.3 is 0 Å². The zero-order valence-corrected chi connectivity index (χ0v) is 12.0. The molecule has 0 atom stereocenters. The van der Waals surface area contributed by atoms with Crippen LogP contribution in [0.4, 0.5) is 0 Å². The molecular formula is C15H16ClN3O. The highest BCUT2D eigenvalue weighted by Crippen LogP contribution is 2.27. The smallest absolute Gasteiger partial charge is 0.147 e. The molecule has 1 saturated carbocycles. The van der Waals surface area contributed by atoms with Crippen molar-refractivity contribution in [3.05, 3.63) is 47.0 Å². The molecule has 104 valence electrons. The fraction of sp³-hybridized carbons (Fsp3) is 0.333. The Labute approximate surface area is 123 Å². The summed E-state index contributed by atoms with van der Waals surface area (Å²) in [7, 11) is 0. The summed E-state index contributed by atoms with van der Waals surface area (Å²) in [6.45, 7) is 2.71. The van der Waals surface area contributed by atoms with Gasteiger partial charge in [-0.05, 0) is 19.8 Å². The summed E-state index contributed by atoms with van der Waals surface area (Å²) >= 11 is 5.93. The third-order valence-electron chi connectivity index (χ3n) is 3.15. The van der Waals surface area contributed by atoms with Gasteiger partial charge in [0.15, 0.2) is 0 Å². The zero-order valence-electron chi connectivity index (χ0n) is 11.3. The molecule has 0 radical (unpaired) electrons. The Balaban J connectivity index is 1.80. The Morgan fingerprint density at radius 3 is 2.90 bits per heavy atom. The molecule has 0 bridgehead atoms. The minimum atomic E-state index is 0.561. The van der Waals surface area contributed by atoms with Crippen LogP contribution in [-0.2, 0) is 6.54 Å². The lowest BCUT2D eigenvalue weighted by molar-refractivity contribution is 0.468. The molecule has 0 unspecified atom stereocenters. The first kappa shape index (κ1) is 13.3. The van der Waals surface area contributed by atoms with Crippen molar-refractivity contribution in [2.45, 2.75) is 32.4 Å². The maximum Gasteiger partial charge on any atom is 0.147 e. The fourth-order valence-corrected chi connectivity index (χ4v) is 2.07. The Kier molecular flexibility index (Phi) is 3.85. The number of hydrogen-bond acceptors (Lipinski definition) is 4. The third kappa shape index (κ3) is 3.46. The number of hydrogen-bond donors (Lipinski definition) is 1. The number of aromatic nitrogens is 2. The van der Waals surface area contributed by atoms with Gasteiger partial charge in [0.05, 0.1) is 11.2 Å². The molecule has 4 nitrogen and oxygen atoms in total. The highest BCUT2D eigenvalue weighted by molar-refractivity contribution is 6.30. The Morgan fingerprint density at radius 1 is 1.30 bits per heavy atom. The van der Waals surface area contributed by atoms with Crippen LogP contribution in [-0.4, -0.2) is 16.0 Å². The SMILES string of the molecule is Cc1cc(Oc2cncc(Cl)c2)c(CNC2CC2)cn1. The molecule has 5 heteroatoms. The first-order chi connectivity index (χ1) is 9.70. The Hall–Kier alpha value is -1.65. The predicted molar refractivity (Wildman–Crippen MR) is 78.2 cm³/mol. The highest BCUT2D eigenvalue weighted by Gasteiger charge is 2.20. The van der Waals surface area contributed by atoms with Crippen LogP contribution in [0.25, 0.3) is 0 Å². The van der Waals surface area contributed by atoms with Crippen molar-refractivity contribution in [2.75, 3.05) is 0 Å². The number of nitrogens with zero attached hydrogens (tertiary/aromatic N) is 2. The van der Waals surface area contributed by atoms with E-state index in [4.69, 9.17) is 16.3 Å². The van der Waals surface area contributed by atoms with E-state index in [1.165, 1.54) is 12.8 Å². The van der Waals surface area contributed by atoms with Gasteiger partial charge in [0.1, 0.15) is 11.5 Å². The average Bonchev–Trinajstić information content (AvgIpc) is 3.22. The normalized spacial score (nSPS) is 14.3. The number of aryl methyl sites for hydroxylation is 1. The van der Waals surface area contributed by atoms with Gasteiger partial charge in [-0.2, -0.15) is 0 Å². The minimum absolute atomic E-state index is 0.561. The van der Waals surface area contributed by atoms with Crippen LogP contribution < -0.4 is 10.1 Å². The summed E-state index contributed by atoms with van der Waals surface area (Å²) in [5.41, 5.74) is 1.97. The van der Waals surface area contributed by atoms with Crippen molar-refractivity contribution in [3.8, 4) is 11.5 Å². The van der Waals surface area contributed by atoms with Gasteiger partial charge in [-0.3, -0.25) is 9.97 Å². The number of nitrogens with one attached hydrogen (secondary N) is 1. The Morgan fingerprint density at radius 2 is 2.15 bits per heavy atom. The van der Waals surface area contributed by atoms with E-state index in [0.717, 1.165) is 23.6 Å². The van der Waals surface area contributed by atoms with E-state index in [9.17, 15) is 0 Å². The van der Waals surface area contributed by atoms with E-state index in [1.54, 1.807) is 18.5 Å². The van der Waals surface area contributed by atoms with Gasteiger partial charge in [-0.1, -0.05) is 11.6 Å². The third-order valence-corrected chi connectivity index (χ3v) is 3.35. The Bertz CT molecular complexity index is 614. The van der Waals surface area contributed by atoms with Crippen molar-refractivity contribution >= 4 is 11.6 Å². The van der Waals surface area contributed by atoms with E-state index >= 15 is 0 Å². The van der Waals surface area contributed by atoms with Crippen LogP contribution in [0.3, 0.4) is 0 Å². The zero-order chi connectivity index (χ0) is 13.9. The maximum absolute atomic E-state index is 5.93. The number of pyridine rings is 2. The second-order valence-electron chi connectivity index (χ2n) is 5.03. The number of ether oxygens (including phenoxy) is 1. The van der Waals surface area contributed by atoms with Crippen LogP contribution in [0.5, 0.6) is 11.5 Å². The molecule has 1 aliphatic rings. The molecule has 0 aliphatic heterocycles. The van der Waals surface area contributed by atoms with E-state index < -0.39 is 0 Å². The summed E-state index contributed by atoms with van der Waals surface area (Å²) < 4.78 is 5.90. The average molecular weight is 290 g/mol. The van der Waals surface area contributed by atoms with Gasteiger partial charge in [0.25, 0.3) is 0 Å². The molecule has 2 aromatic rings. The lowest BCUT2D eigenvalue weighted by Gasteiger charge is -2.12. The highest BCUT2D eigenvalue weighted by atomic mass is 35.5. The summed E-state index contributed by atoms with van der Waals surface area (Å²) in [4.78, 5) is 8.36. The first-order valence-corrected chi connectivity index (χ1v) is 7.06. The fourth-order valence-electron chi connectivity index (χ4n) is 1.91. The molecule has 0 saturated heterocycles. The number of rotatable bonds is 5. The standard InChI is InChI=1S/C15H16ClN3O/c1-10-4-15(20-14-5-12(16)8-17-9-14)11(6-18-10)7-19-13-2-3-13/h4-6,8-9,13,19H,2-3,7H2,1H3. The van der Waals surface area contributed by atoms with Crippen molar-refractivity contribution in [3.63, 3.8) is 0 Å². The van der Waals surface area contributed by atoms with E-state index in [1.807, 2.05) is 19.2 Å². The van der Waals surface area contributed by atoms with E-state index in [2.05, 4.69) is 15.3 Å². The van der Waals surface area contributed by atoms with Crippen molar-refractivity contribution in [1.82, 2.24) is 15.3 Å². The molecule has 20 heavy (non-hydrogen) atoms. The van der Waals surface area contributed by atoms with Gasteiger partial charge in [0.2, 0.25) is 0 Å². The lowest BCUT2D eigenvalue weighted by Crippen LogP contribution is -2.16. The summed E-state index contributed by atoms with van der Waals surface area (Å²) in [5, 5.41) is 4.03. The van der Waals surface area contributed by atoms with Crippen LogP contribution >= 0.6 is 11.6 Å². The molecule has 2 aromatic heterocycles. The first-order valence-electron chi connectivity index (χ1n) is 6.68. The largest absolute Gasteiger partial charge is 0.455 e. The van der Waals surface area contributed by atoms with E-state index in [-0.39, 0.29) is 0 Å². The molecule has 0 amide bonds. The van der Waals surface area contributed by atoms with Crippen LogP contribution in [0.1, 0.15) is 24.1 Å². The molecule has 2 heterocycles. The van der Waals surface area contributed by atoms with Crippen molar-refractivity contribution in [1.29, 1.82) is 0 Å². The van der Waals surface area contributed by atoms with Crippen molar-refractivity contribution in [2.24, 2.45) is 0 Å². The summed E-state index contributed by atoms with van der Waals surface area (Å²) in [6, 6.07) is 4.34. The second-order valence-corrected chi connectivity index (χ2v) is 5.47. The summed E-state index contributed by atoms with van der Waals surface area (Å²) in [6.07, 6.45) is 7.61. The molecule has 1 aliphatic carbocycles. The van der Waals surface area contributed by atoms with Gasteiger partial charge < -0.3 is 10.1 Å². The molecule has 3 rings (SSSR count). The second kappa shape index (κ2) is 5.77. The van der Waals surface area contributed by atoms with Crippen molar-refractivity contribution < 1.29 is 4.74 Å². The van der Waals surface area contributed by atoms with Crippen LogP contribution in [0.15, 0.2) is 30.7 Å². The molecule has 1 fully saturated rings. The topological polar surface area (TPSA) is 47.0 Å². The van der Waals surface area contributed by atoms with Gasteiger partial charge in [-0.25, -0.2) is 0 Å². The van der Waals surface area contributed by atoms with Crippen LogP contribution in [0, 0.1) is 6.92 Å². The van der Waals surface area contributed by atoms with Crippen LogP contribution in [0.2, 0.25) is 5.02 Å². The molecule has 0 spiro atoms. The number of halogens is 1. The monoisotopic (exact) mass is 289 g/mol. The maximum atomic E-state index is 5.93. The molecular weight excluding hydrogens is 274 g/mol. The molecule has 0 aromatic carbocycles. The van der Waals surface area contributed by atoms with E-state index in [0.29, 0.717) is 16.8 Å². The quantitative estimate of drug-likeness (QED) is 0.915. The predicted octanol–water partition coefficient (Wildman–Crippen LogP) is 3.48. The lowest BCUT2D eigenvalue weighted by atomic mass is 10.2.